The van der Waals surface area contributed by atoms with Gasteiger partial charge in [-0.2, -0.15) is 0 Å². The van der Waals surface area contributed by atoms with Gasteiger partial charge in [0.2, 0.25) is 0 Å². The van der Waals surface area contributed by atoms with E-state index < -0.39 is 0 Å². The number of carbonyl (C=O) groups is 1. The van der Waals surface area contributed by atoms with Crippen molar-refractivity contribution < 1.29 is 14.3 Å². The number of anilines is 1. The first-order chi connectivity index (χ1) is 16.2. The van der Waals surface area contributed by atoms with Gasteiger partial charge in [0.15, 0.2) is 0 Å². The zero-order chi connectivity index (χ0) is 22.6. The summed E-state index contributed by atoms with van der Waals surface area (Å²) in [5.74, 6) is 0.664. The number of hydrogen-bond acceptors (Lipinski definition) is 7. The number of hydrogen-bond donors (Lipinski definition) is 1. The highest BCUT2D eigenvalue weighted by atomic mass is 16.5. The van der Waals surface area contributed by atoms with Crippen molar-refractivity contribution in [1.82, 2.24) is 20.3 Å². The fourth-order valence-electron chi connectivity index (χ4n) is 4.49. The van der Waals surface area contributed by atoms with Crippen LogP contribution in [-0.2, 0) is 4.74 Å². The van der Waals surface area contributed by atoms with Gasteiger partial charge < -0.3 is 19.7 Å². The van der Waals surface area contributed by atoms with E-state index in [1.807, 2.05) is 13.0 Å². The van der Waals surface area contributed by atoms with E-state index in [9.17, 15) is 4.79 Å². The molecule has 2 aliphatic rings. The highest BCUT2D eigenvalue weighted by Crippen LogP contribution is 2.33. The first-order valence-electron chi connectivity index (χ1n) is 11.6. The maximum Gasteiger partial charge on any atom is 0.270 e. The molecule has 0 bridgehead atoms. The predicted octanol–water partition coefficient (Wildman–Crippen LogP) is 3.29. The van der Waals surface area contributed by atoms with Crippen LogP contribution in [0.25, 0.3) is 11.0 Å². The van der Waals surface area contributed by atoms with Gasteiger partial charge in [-0.1, -0.05) is 6.07 Å². The summed E-state index contributed by atoms with van der Waals surface area (Å²) in [4.78, 5) is 28.1. The van der Waals surface area contributed by atoms with Crippen molar-refractivity contribution in [2.24, 2.45) is 0 Å². The fourth-order valence-corrected chi connectivity index (χ4v) is 4.49. The average molecular weight is 448 g/mol. The molecule has 0 unspecified atom stereocenters. The molecule has 172 valence electrons. The third-order valence-electron chi connectivity index (χ3n) is 6.35. The fraction of sp³-hybridized carbons (Fsp3) is 0.440. The van der Waals surface area contributed by atoms with E-state index in [2.05, 4.69) is 37.3 Å². The summed E-state index contributed by atoms with van der Waals surface area (Å²) in [5, 5.41) is 3.12. The van der Waals surface area contributed by atoms with Crippen molar-refractivity contribution in [2.45, 2.75) is 44.8 Å². The van der Waals surface area contributed by atoms with Gasteiger partial charge in [-0.3, -0.25) is 14.8 Å². The van der Waals surface area contributed by atoms with Gasteiger partial charge in [0.05, 0.1) is 24.8 Å². The van der Waals surface area contributed by atoms with Crippen LogP contribution in [0.1, 0.15) is 41.7 Å². The minimum absolute atomic E-state index is 0.0841. The normalized spacial score (nSPS) is 21.1. The number of nitrogens with zero attached hydrogens (tertiary/aromatic N) is 4. The molecule has 1 saturated heterocycles. The zero-order valence-corrected chi connectivity index (χ0v) is 18.9. The van der Waals surface area contributed by atoms with Gasteiger partial charge in [-0.25, -0.2) is 4.98 Å². The maximum atomic E-state index is 12.5. The number of rotatable bonds is 5. The Morgan fingerprint density at radius 3 is 2.61 bits per heavy atom. The molecule has 8 heteroatoms. The SMILES string of the molecule is Cc1ccc(C(=O)N[C@H]2CC[C@@H](Oc3cc(N4CCOCC4)cc4nccnc34)CC2)nc1. The molecule has 3 heterocycles. The number of nitrogens with one attached hydrogen (secondary N) is 1. The number of benzene rings is 1. The number of fused-ring (bicyclic) bond motifs is 1. The molecule has 5 rings (SSSR count). The third kappa shape index (κ3) is 5.06. The van der Waals surface area contributed by atoms with E-state index in [1.54, 1.807) is 24.7 Å². The maximum absolute atomic E-state index is 12.5. The first-order valence-corrected chi connectivity index (χ1v) is 11.6. The van der Waals surface area contributed by atoms with Crippen LogP contribution in [0.5, 0.6) is 5.75 Å². The van der Waals surface area contributed by atoms with E-state index >= 15 is 0 Å². The van der Waals surface area contributed by atoms with E-state index in [1.165, 1.54) is 0 Å². The van der Waals surface area contributed by atoms with Crippen molar-refractivity contribution in [2.75, 3.05) is 31.2 Å². The smallest absolute Gasteiger partial charge is 0.270 e. The van der Waals surface area contributed by atoms with Crippen LogP contribution in [0.2, 0.25) is 0 Å². The van der Waals surface area contributed by atoms with Crippen molar-refractivity contribution >= 4 is 22.6 Å². The number of aryl methyl sites for hydroxylation is 1. The van der Waals surface area contributed by atoms with E-state index in [-0.39, 0.29) is 18.1 Å². The molecule has 33 heavy (non-hydrogen) atoms. The van der Waals surface area contributed by atoms with Crippen molar-refractivity contribution in [3.8, 4) is 5.75 Å². The Kier molecular flexibility index (Phi) is 6.35. The second-order valence-electron chi connectivity index (χ2n) is 8.75. The molecule has 1 aromatic carbocycles. The highest BCUT2D eigenvalue weighted by Gasteiger charge is 2.25. The lowest BCUT2D eigenvalue weighted by Crippen LogP contribution is -2.40. The van der Waals surface area contributed by atoms with Gasteiger partial charge in [0.25, 0.3) is 5.91 Å². The molecule has 2 aromatic heterocycles. The van der Waals surface area contributed by atoms with E-state index in [0.717, 1.165) is 80.0 Å². The van der Waals surface area contributed by atoms with Crippen LogP contribution < -0.4 is 15.0 Å². The number of aromatic nitrogens is 3. The summed E-state index contributed by atoms with van der Waals surface area (Å²) < 4.78 is 12.0. The number of morpholine rings is 1. The molecule has 1 aliphatic heterocycles. The molecule has 8 nitrogen and oxygen atoms in total. The third-order valence-corrected chi connectivity index (χ3v) is 6.35. The Balaban J connectivity index is 1.24. The molecule has 0 radical (unpaired) electrons. The number of carbonyl (C=O) groups excluding carboxylic acids is 1. The van der Waals surface area contributed by atoms with Gasteiger partial charge in [-0.05, 0) is 50.3 Å². The summed E-state index contributed by atoms with van der Waals surface area (Å²) in [6, 6.07) is 7.97. The lowest BCUT2D eigenvalue weighted by Gasteiger charge is -2.31. The van der Waals surface area contributed by atoms with Crippen molar-refractivity contribution in [1.29, 1.82) is 0 Å². The standard InChI is InChI=1S/C25H29N5O3/c1-17-2-7-21(28-16-17)25(31)29-18-3-5-20(6-4-18)33-23-15-19(30-10-12-32-13-11-30)14-22-24(23)27-9-8-26-22/h2,7-9,14-16,18,20H,3-6,10-13H2,1H3,(H,29,31)/t18-,20+. The largest absolute Gasteiger partial charge is 0.488 e. The average Bonchev–Trinajstić information content (AvgIpc) is 2.86. The molecule has 3 aromatic rings. The van der Waals surface area contributed by atoms with Crippen LogP contribution in [0.15, 0.2) is 42.9 Å². The quantitative estimate of drug-likeness (QED) is 0.642. The van der Waals surface area contributed by atoms with Crippen LogP contribution >= 0.6 is 0 Å². The molecule has 0 atom stereocenters. The van der Waals surface area contributed by atoms with Gasteiger partial charge in [-0.15, -0.1) is 0 Å². The summed E-state index contributed by atoms with van der Waals surface area (Å²) >= 11 is 0. The van der Waals surface area contributed by atoms with Crippen molar-refractivity contribution in [3.05, 3.63) is 54.1 Å². The molecule has 1 N–H and O–H groups in total. The molecule has 1 saturated carbocycles. The topological polar surface area (TPSA) is 89.5 Å². The summed E-state index contributed by atoms with van der Waals surface area (Å²) in [6.45, 7) is 5.12. The highest BCUT2D eigenvalue weighted by molar-refractivity contribution is 5.92. The predicted molar refractivity (Wildman–Crippen MR) is 126 cm³/mol. The monoisotopic (exact) mass is 447 g/mol. The lowest BCUT2D eigenvalue weighted by molar-refractivity contribution is 0.0890. The van der Waals surface area contributed by atoms with Crippen LogP contribution in [0, 0.1) is 6.92 Å². The molecular weight excluding hydrogens is 418 g/mol. The Bertz CT molecular complexity index is 1110. The van der Waals surface area contributed by atoms with Gasteiger partial charge >= 0.3 is 0 Å². The van der Waals surface area contributed by atoms with Crippen molar-refractivity contribution in [3.63, 3.8) is 0 Å². The zero-order valence-electron chi connectivity index (χ0n) is 18.9. The number of pyridine rings is 1. The molecule has 2 fully saturated rings. The number of amides is 1. The van der Waals surface area contributed by atoms with Crippen LogP contribution in [-0.4, -0.2) is 59.3 Å². The molecule has 1 amide bonds. The Labute approximate surface area is 193 Å². The second-order valence-corrected chi connectivity index (χ2v) is 8.75. The van der Waals surface area contributed by atoms with Gasteiger partial charge in [0, 0.05) is 49.5 Å². The minimum Gasteiger partial charge on any atom is -0.488 e. The van der Waals surface area contributed by atoms with E-state index in [0.29, 0.717) is 5.69 Å². The molecule has 0 spiro atoms. The van der Waals surface area contributed by atoms with Gasteiger partial charge in [0.1, 0.15) is 17.0 Å². The Hall–Kier alpha value is -3.26. The Morgan fingerprint density at radius 2 is 1.85 bits per heavy atom. The number of ether oxygens (including phenoxy) is 2. The van der Waals surface area contributed by atoms with E-state index in [4.69, 9.17) is 9.47 Å². The molecule has 1 aliphatic carbocycles. The minimum atomic E-state index is -0.112. The lowest BCUT2D eigenvalue weighted by atomic mass is 9.92. The first kappa shape index (κ1) is 21.6. The summed E-state index contributed by atoms with van der Waals surface area (Å²) in [7, 11) is 0. The Morgan fingerprint density at radius 1 is 1.06 bits per heavy atom. The summed E-state index contributed by atoms with van der Waals surface area (Å²) in [5.41, 5.74) is 4.22. The second kappa shape index (κ2) is 9.70. The molecular formula is C25H29N5O3. The van der Waals surface area contributed by atoms with Crippen LogP contribution in [0.3, 0.4) is 0 Å². The summed E-state index contributed by atoms with van der Waals surface area (Å²) in [6.07, 6.45) is 8.70. The van der Waals surface area contributed by atoms with Crippen LogP contribution in [0.4, 0.5) is 5.69 Å².